The lowest BCUT2D eigenvalue weighted by molar-refractivity contribution is 1.41. The summed E-state index contributed by atoms with van der Waals surface area (Å²) in [7, 11) is 0. The fourth-order valence-corrected chi connectivity index (χ4v) is 2.46. The van der Waals surface area contributed by atoms with E-state index in [4.69, 9.17) is 0 Å². The fourth-order valence-electron chi connectivity index (χ4n) is 1.83. The first-order valence-corrected chi connectivity index (χ1v) is 6.37. The molecule has 0 spiro atoms. The third-order valence-corrected chi connectivity index (χ3v) is 3.47. The Hall–Kier alpha value is -1.93. The number of benzene rings is 2. The number of thiazole rings is 1. The van der Waals surface area contributed by atoms with Gasteiger partial charge in [0.25, 0.3) is 0 Å². The maximum atomic E-state index is 4.34. The predicted octanol–water partition coefficient (Wildman–Crippen LogP) is 4.48. The quantitative estimate of drug-likeness (QED) is 0.640. The Morgan fingerprint density at radius 3 is 2.29 bits per heavy atom. The monoisotopic (exact) mass is 237 g/mol. The van der Waals surface area contributed by atoms with Crippen LogP contribution in [0.4, 0.5) is 0 Å². The van der Waals surface area contributed by atoms with Crippen LogP contribution in [-0.2, 0) is 0 Å². The molecule has 82 valence electrons. The SMILES string of the molecule is c1ccc(-c2cccc(-c3nccs3)c2)cc1. The first-order chi connectivity index (χ1) is 8.43. The normalized spacial score (nSPS) is 10.4. The van der Waals surface area contributed by atoms with Crippen molar-refractivity contribution in [3.63, 3.8) is 0 Å². The molecule has 2 heteroatoms. The Morgan fingerprint density at radius 2 is 1.53 bits per heavy atom. The Kier molecular flexibility index (Phi) is 2.72. The number of hydrogen-bond donors (Lipinski definition) is 0. The zero-order chi connectivity index (χ0) is 11.5. The van der Waals surface area contributed by atoms with Crippen LogP contribution in [0, 0.1) is 0 Å². The van der Waals surface area contributed by atoms with Crippen LogP contribution in [0.2, 0.25) is 0 Å². The van der Waals surface area contributed by atoms with E-state index in [1.165, 1.54) is 16.7 Å². The lowest BCUT2D eigenvalue weighted by Crippen LogP contribution is -1.79. The number of hydrogen-bond acceptors (Lipinski definition) is 2. The van der Waals surface area contributed by atoms with Gasteiger partial charge in [0.05, 0.1) is 0 Å². The molecule has 0 amide bonds. The van der Waals surface area contributed by atoms with Crippen LogP contribution in [0.1, 0.15) is 0 Å². The highest BCUT2D eigenvalue weighted by Crippen LogP contribution is 2.27. The van der Waals surface area contributed by atoms with Gasteiger partial charge in [-0.2, -0.15) is 0 Å². The van der Waals surface area contributed by atoms with Crippen molar-refractivity contribution < 1.29 is 0 Å². The molecular formula is C15H11NS. The van der Waals surface area contributed by atoms with Gasteiger partial charge in [-0.1, -0.05) is 48.5 Å². The summed E-state index contributed by atoms with van der Waals surface area (Å²) in [4.78, 5) is 4.34. The number of aromatic nitrogens is 1. The maximum absolute atomic E-state index is 4.34. The van der Waals surface area contributed by atoms with Crippen LogP contribution < -0.4 is 0 Å². The van der Waals surface area contributed by atoms with Crippen molar-refractivity contribution in [2.24, 2.45) is 0 Å². The topological polar surface area (TPSA) is 12.9 Å². The fraction of sp³-hybridized carbons (Fsp3) is 0. The average molecular weight is 237 g/mol. The van der Waals surface area contributed by atoms with Gasteiger partial charge in [0.2, 0.25) is 0 Å². The zero-order valence-corrected chi connectivity index (χ0v) is 10.0. The molecule has 0 aliphatic carbocycles. The van der Waals surface area contributed by atoms with Crippen molar-refractivity contribution in [3.8, 4) is 21.7 Å². The number of nitrogens with zero attached hydrogens (tertiary/aromatic N) is 1. The average Bonchev–Trinajstić information content (AvgIpc) is 2.94. The summed E-state index contributed by atoms with van der Waals surface area (Å²) in [5, 5.41) is 3.08. The number of rotatable bonds is 2. The highest BCUT2D eigenvalue weighted by molar-refractivity contribution is 7.13. The van der Waals surface area contributed by atoms with Crippen molar-refractivity contribution in [2.45, 2.75) is 0 Å². The summed E-state index contributed by atoms with van der Waals surface area (Å²) in [5.74, 6) is 0. The summed E-state index contributed by atoms with van der Waals surface area (Å²) in [6.07, 6.45) is 1.84. The van der Waals surface area contributed by atoms with Gasteiger partial charge in [-0.15, -0.1) is 11.3 Å². The molecular weight excluding hydrogens is 226 g/mol. The lowest BCUT2D eigenvalue weighted by Gasteiger charge is -2.03. The molecule has 0 aliphatic rings. The molecule has 0 N–H and O–H groups in total. The molecule has 1 nitrogen and oxygen atoms in total. The van der Waals surface area contributed by atoms with Crippen LogP contribution in [-0.4, -0.2) is 4.98 Å². The van der Waals surface area contributed by atoms with Crippen molar-refractivity contribution >= 4 is 11.3 Å². The Labute approximate surface area is 104 Å². The third-order valence-electron chi connectivity index (χ3n) is 2.65. The molecule has 0 atom stereocenters. The molecule has 1 heterocycles. The van der Waals surface area contributed by atoms with Crippen molar-refractivity contribution in [2.75, 3.05) is 0 Å². The second-order valence-electron chi connectivity index (χ2n) is 3.78. The van der Waals surface area contributed by atoms with Gasteiger partial charge in [0.1, 0.15) is 5.01 Å². The summed E-state index contributed by atoms with van der Waals surface area (Å²) >= 11 is 1.67. The van der Waals surface area contributed by atoms with Crippen molar-refractivity contribution in [3.05, 3.63) is 66.2 Å². The first kappa shape index (κ1) is 10.2. The Morgan fingerprint density at radius 1 is 0.765 bits per heavy atom. The van der Waals surface area contributed by atoms with Gasteiger partial charge in [-0.25, -0.2) is 4.98 Å². The summed E-state index contributed by atoms with van der Waals surface area (Å²) in [6.45, 7) is 0. The molecule has 0 fully saturated rings. The van der Waals surface area contributed by atoms with Crippen LogP contribution in [0.25, 0.3) is 21.7 Å². The van der Waals surface area contributed by atoms with Crippen LogP contribution in [0.3, 0.4) is 0 Å². The largest absolute Gasteiger partial charge is 0.245 e. The van der Waals surface area contributed by atoms with Gasteiger partial charge in [-0.05, 0) is 17.2 Å². The zero-order valence-electron chi connectivity index (χ0n) is 9.21. The molecule has 0 saturated heterocycles. The van der Waals surface area contributed by atoms with E-state index in [-0.39, 0.29) is 0 Å². The van der Waals surface area contributed by atoms with E-state index in [9.17, 15) is 0 Å². The van der Waals surface area contributed by atoms with Gasteiger partial charge in [0, 0.05) is 17.1 Å². The summed E-state index contributed by atoms with van der Waals surface area (Å²) in [5.41, 5.74) is 3.66. The predicted molar refractivity (Wildman–Crippen MR) is 73.0 cm³/mol. The third kappa shape index (κ3) is 2.12. The molecule has 0 saturated carbocycles. The van der Waals surface area contributed by atoms with E-state index in [0.29, 0.717) is 0 Å². The van der Waals surface area contributed by atoms with Crippen LogP contribution in [0.5, 0.6) is 0 Å². The smallest absolute Gasteiger partial charge is 0.123 e. The molecule has 0 aliphatic heterocycles. The summed E-state index contributed by atoms with van der Waals surface area (Å²) < 4.78 is 0. The van der Waals surface area contributed by atoms with E-state index in [1.807, 2.05) is 17.6 Å². The highest BCUT2D eigenvalue weighted by Gasteiger charge is 2.02. The van der Waals surface area contributed by atoms with E-state index in [2.05, 4.69) is 53.5 Å². The van der Waals surface area contributed by atoms with Crippen LogP contribution >= 0.6 is 11.3 Å². The lowest BCUT2D eigenvalue weighted by atomic mass is 10.0. The minimum atomic E-state index is 1.07. The molecule has 3 rings (SSSR count). The van der Waals surface area contributed by atoms with E-state index < -0.39 is 0 Å². The Balaban J connectivity index is 2.06. The molecule has 0 unspecified atom stereocenters. The molecule has 1 aromatic heterocycles. The highest BCUT2D eigenvalue weighted by atomic mass is 32.1. The van der Waals surface area contributed by atoms with E-state index >= 15 is 0 Å². The minimum Gasteiger partial charge on any atom is -0.245 e. The van der Waals surface area contributed by atoms with Gasteiger partial charge >= 0.3 is 0 Å². The molecule has 2 aromatic carbocycles. The standard InChI is InChI=1S/C15H11NS/c1-2-5-12(6-3-1)13-7-4-8-14(11-13)15-16-9-10-17-15/h1-11H. The van der Waals surface area contributed by atoms with E-state index in [0.717, 1.165) is 5.01 Å². The molecule has 0 radical (unpaired) electrons. The molecule has 3 aromatic rings. The van der Waals surface area contributed by atoms with Crippen molar-refractivity contribution in [1.29, 1.82) is 0 Å². The second kappa shape index (κ2) is 4.52. The molecule has 0 bridgehead atoms. The van der Waals surface area contributed by atoms with Gasteiger partial charge in [-0.3, -0.25) is 0 Å². The van der Waals surface area contributed by atoms with Crippen molar-refractivity contribution in [1.82, 2.24) is 4.98 Å². The summed E-state index contributed by atoms with van der Waals surface area (Å²) in [6, 6.07) is 18.9. The van der Waals surface area contributed by atoms with Gasteiger partial charge < -0.3 is 0 Å². The maximum Gasteiger partial charge on any atom is 0.123 e. The molecule has 17 heavy (non-hydrogen) atoms. The van der Waals surface area contributed by atoms with E-state index in [1.54, 1.807) is 11.3 Å². The Bertz CT molecular complexity index is 600. The minimum absolute atomic E-state index is 1.07. The first-order valence-electron chi connectivity index (χ1n) is 5.49. The van der Waals surface area contributed by atoms with Crippen LogP contribution in [0.15, 0.2) is 66.2 Å². The second-order valence-corrected chi connectivity index (χ2v) is 4.68. The van der Waals surface area contributed by atoms with Gasteiger partial charge in [0.15, 0.2) is 0 Å².